The number of fused-ring (bicyclic) bond motifs is 1. The number of rotatable bonds is 5. The standard InChI is InChI=1S/C21H25N5O4/c1-14-18-17(20(27)25(3)21(28)24(18)2)23-19(22-14)15-4-6-16(7-5-15)30-13-10-26-8-11-29-12-9-26/h4-7H,8-13H2,1-3H3. The first-order valence-electron chi connectivity index (χ1n) is 9.93. The predicted molar refractivity (Wildman–Crippen MR) is 113 cm³/mol. The van der Waals surface area contributed by atoms with Crippen molar-refractivity contribution in [2.75, 3.05) is 39.5 Å². The van der Waals surface area contributed by atoms with Crippen molar-refractivity contribution in [1.29, 1.82) is 0 Å². The second-order valence-electron chi connectivity index (χ2n) is 7.36. The molecule has 9 nitrogen and oxygen atoms in total. The van der Waals surface area contributed by atoms with Gasteiger partial charge < -0.3 is 9.47 Å². The van der Waals surface area contributed by atoms with E-state index in [0.29, 0.717) is 23.6 Å². The third kappa shape index (κ3) is 3.86. The van der Waals surface area contributed by atoms with Crippen molar-refractivity contribution < 1.29 is 9.47 Å². The van der Waals surface area contributed by atoms with Crippen LogP contribution in [-0.4, -0.2) is 63.5 Å². The summed E-state index contributed by atoms with van der Waals surface area (Å²) in [5.41, 5.74) is 1.21. The topological polar surface area (TPSA) is 91.5 Å². The quantitative estimate of drug-likeness (QED) is 0.611. The van der Waals surface area contributed by atoms with Crippen molar-refractivity contribution in [3.05, 3.63) is 50.8 Å². The highest BCUT2D eigenvalue weighted by Gasteiger charge is 2.15. The Morgan fingerprint density at radius 1 is 1.03 bits per heavy atom. The minimum absolute atomic E-state index is 0.230. The number of aryl methyl sites for hydroxylation is 2. The Labute approximate surface area is 173 Å². The fourth-order valence-electron chi connectivity index (χ4n) is 3.63. The molecule has 2 aromatic heterocycles. The molecule has 3 heterocycles. The van der Waals surface area contributed by atoms with E-state index in [1.54, 1.807) is 14.0 Å². The van der Waals surface area contributed by atoms with Gasteiger partial charge in [0.2, 0.25) is 0 Å². The van der Waals surface area contributed by atoms with E-state index in [-0.39, 0.29) is 5.52 Å². The molecule has 0 atom stereocenters. The summed E-state index contributed by atoms with van der Waals surface area (Å²) >= 11 is 0. The molecule has 0 unspecified atom stereocenters. The summed E-state index contributed by atoms with van der Waals surface area (Å²) in [5, 5.41) is 0. The normalized spacial score (nSPS) is 14.9. The van der Waals surface area contributed by atoms with Crippen LogP contribution < -0.4 is 16.0 Å². The Morgan fingerprint density at radius 2 is 1.73 bits per heavy atom. The number of ether oxygens (including phenoxy) is 2. The van der Waals surface area contributed by atoms with Crippen molar-refractivity contribution in [2.45, 2.75) is 6.92 Å². The molecule has 158 valence electrons. The molecule has 0 aliphatic carbocycles. The van der Waals surface area contributed by atoms with Crippen LogP contribution >= 0.6 is 0 Å². The van der Waals surface area contributed by atoms with E-state index in [0.717, 1.165) is 48.7 Å². The summed E-state index contributed by atoms with van der Waals surface area (Å²) in [7, 11) is 3.06. The summed E-state index contributed by atoms with van der Waals surface area (Å²) in [5.74, 6) is 1.21. The summed E-state index contributed by atoms with van der Waals surface area (Å²) in [6.07, 6.45) is 0. The molecule has 9 heteroatoms. The average molecular weight is 411 g/mol. The summed E-state index contributed by atoms with van der Waals surface area (Å²) in [6, 6.07) is 7.49. The fraction of sp³-hybridized carbons (Fsp3) is 0.429. The first kappa shape index (κ1) is 20.2. The number of morpholine rings is 1. The van der Waals surface area contributed by atoms with Gasteiger partial charge in [0, 0.05) is 39.3 Å². The highest BCUT2D eigenvalue weighted by Crippen LogP contribution is 2.22. The monoisotopic (exact) mass is 411 g/mol. The van der Waals surface area contributed by atoms with Gasteiger partial charge in [0.15, 0.2) is 11.3 Å². The minimum Gasteiger partial charge on any atom is -0.492 e. The van der Waals surface area contributed by atoms with Gasteiger partial charge in [0.05, 0.1) is 24.4 Å². The largest absolute Gasteiger partial charge is 0.492 e. The van der Waals surface area contributed by atoms with Gasteiger partial charge >= 0.3 is 5.69 Å². The fourth-order valence-corrected chi connectivity index (χ4v) is 3.63. The van der Waals surface area contributed by atoms with Crippen molar-refractivity contribution in [1.82, 2.24) is 24.0 Å². The highest BCUT2D eigenvalue weighted by atomic mass is 16.5. The van der Waals surface area contributed by atoms with E-state index in [9.17, 15) is 9.59 Å². The number of hydrogen-bond donors (Lipinski definition) is 0. The maximum atomic E-state index is 12.6. The van der Waals surface area contributed by atoms with Crippen LogP contribution in [0.2, 0.25) is 0 Å². The Kier molecular flexibility index (Phi) is 5.65. The molecular weight excluding hydrogens is 386 g/mol. The van der Waals surface area contributed by atoms with Crippen LogP contribution in [0.15, 0.2) is 33.9 Å². The summed E-state index contributed by atoms with van der Waals surface area (Å²) in [4.78, 5) is 36.0. The maximum absolute atomic E-state index is 12.6. The van der Waals surface area contributed by atoms with E-state index in [4.69, 9.17) is 9.47 Å². The molecule has 0 spiro atoms. The summed E-state index contributed by atoms with van der Waals surface area (Å²) in [6.45, 7) is 6.66. The zero-order valence-electron chi connectivity index (χ0n) is 17.4. The van der Waals surface area contributed by atoms with Crippen LogP contribution in [0.5, 0.6) is 5.75 Å². The first-order chi connectivity index (χ1) is 14.5. The molecule has 1 aliphatic heterocycles. The Morgan fingerprint density at radius 3 is 2.43 bits per heavy atom. The number of hydrogen-bond acceptors (Lipinski definition) is 7. The Bertz CT molecular complexity index is 1180. The van der Waals surface area contributed by atoms with E-state index in [2.05, 4.69) is 14.9 Å². The molecule has 0 bridgehead atoms. The first-order valence-corrected chi connectivity index (χ1v) is 9.93. The van der Waals surface area contributed by atoms with Crippen molar-refractivity contribution in [3.63, 3.8) is 0 Å². The molecule has 1 saturated heterocycles. The molecule has 0 amide bonds. The zero-order chi connectivity index (χ0) is 21.3. The lowest BCUT2D eigenvalue weighted by Crippen LogP contribution is -2.38. The number of aromatic nitrogens is 4. The van der Waals surface area contributed by atoms with Gasteiger partial charge in [0.25, 0.3) is 5.56 Å². The molecule has 30 heavy (non-hydrogen) atoms. The molecule has 3 aromatic rings. The lowest BCUT2D eigenvalue weighted by molar-refractivity contribution is 0.0322. The van der Waals surface area contributed by atoms with Crippen LogP contribution in [-0.2, 0) is 18.8 Å². The second kappa shape index (κ2) is 8.37. The molecule has 0 radical (unpaired) electrons. The third-order valence-corrected chi connectivity index (χ3v) is 5.37. The van der Waals surface area contributed by atoms with Gasteiger partial charge in [-0.1, -0.05) is 0 Å². The van der Waals surface area contributed by atoms with Gasteiger partial charge in [-0.25, -0.2) is 14.8 Å². The molecule has 1 fully saturated rings. The number of benzene rings is 1. The van der Waals surface area contributed by atoms with Crippen molar-refractivity contribution in [3.8, 4) is 17.1 Å². The molecular formula is C21H25N5O4. The molecule has 1 aliphatic rings. The van der Waals surface area contributed by atoms with E-state index >= 15 is 0 Å². The molecule has 0 saturated carbocycles. The zero-order valence-corrected chi connectivity index (χ0v) is 17.4. The number of nitrogens with zero attached hydrogens (tertiary/aromatic N) is 5. The highest BCUT2D eigenvalue weighted by molar-refractivity contribution is 5.78. The smallest absolute Gasteiger partial charge is 0.331 e. The second-order valence-corrected chi connectivity index (χ2v) is 7.36. The van der Waals surface area contributed by atoms with Crippen LogP contribution in [0.1, 0.15) is 5.69 Å². The predicted octanol–water partition coefficient (Wildman–Crippen LogP) is 0.714. The van der Waals surface area contributed by atoms with Crippen LogP contribution in [0.4, 0.5) is 0 Å². The Hall–Kier alpha value is -3.04. The van der Waals surface area contributed by atoms with Gasteiger partial charge in [-0.05, 0) is 31.2 Å². The van der Waals surface area contributed by atoms with E-state index < -0.39 is 11.2 Å². The minimum atomic E-state index is -0.428. The van der Waals surface area contributed by atoms with Gasteiger partial charge in [-0.2, -0.15) is 0 Å². The van der Waals surface area contributed by atoms with Gasteiger partial charge in [-0.3, -0.25) is 18.8 Å². The molecule has 4 rings (SSSR count). The maximum Gasteiger partial charge on any atom is 0.331 e. The van der Waals surface area contributed by atoms with Crippen molar-refractivity contribution in [2.24, 2.45) is 14.1 Å². The molecule has 1 aromatic carbocycles. The van der Waals surface area contributed by atoms with E-state index in [1.165, 1.54) is 11.6 Å². The van der Waals surface area contributed by atoms with Crippen LogP contribution in [0.3, 0.4) is 0 Å². The lowest BCUT2D eigenvalue weighted by atomic mass is 10.2. The SMILES string of the molecule is Cc1nc(-c2ccc(OCCN3CCOCC3)cc2)nc2c(=O)n(C)c(=O)n(C)c12. The van der Waals surface area contributed by atoms with Crippen LogP contribution in [0.25, 0.3) is 22.4 Å². The average Bonchev–Trinajstić information content (AvgIpc) is 2.77. The third-order valence-electron chi connectivity index (χ3n) is 5.37. The van der Waals surface area contributed by atoms with Crippen molar-refractivity contribution >= 4 is 11.0 Å². The van der Waals surface area contributed by atoms with Gasteiger partial charge in [0.1, 0.15) is 12.4 Å². The van der Waals surface area contributed by atoms with Gasteiger partial charge in [-0.15, -0.1) is 0 Å². The van der Waals surface area contributed by atoms with E-state index in [1.807, 2.05) is 24.3 Å². The summed E-state index contributed by atoms with van der Waals surface area (Å²) < 4.78 is 13.7. The molecule has 0 N–H and O–H groups in total. The lowest BCUT2D eigenvalue weighted by Gasteiger charge is -2.26. The van der Waals surface area contributed by atoms with Crippen LogP contribution in [0, 0.1) is 6.92 Å². The Balaban J connectivity index is 1.55.